The average Bonchev–Trinajstić information content (AvgIpc) is 2.54. The van der Waals surface area contributed by atoms with E-state index in [2.05, 4.69) is 9.97 Å². The largest absolute Gasteiger partial charge is 0.316 e. The van der Waals surface area contributed by atoms with Crippen molar-refractivity contribution in [3.05, 3.63) is 72.1 Å². The highest BCUT2D eigenvalue weighted by atomic mass is 19.1. The predicted molar refractivity (Wildman–Crippen MR) is 81.2 cm³/mol. The Kier molecular flexibility index (Phi) is 3.39. The summed E-state index contributed by atoms with van der Waals surface area (Å²) < 4.78 is 13.1. The summed E-state index contributed by atoms with van der Waals surface area (Å²) in [5.74, 6) is -0.362. The number of hydrogen-bond donors (Lipinski definition) is 1. The fourth-order valence-electron chi connectivity index (χ4n) is 2.66. The van der Waals surface area contributed by atoms with E-state index in [1.165, 1.54) is 12.3 Å². The second-order valence-corrected chi connectivity index (χ2v) is 5.09. The fourth-order valence-corrected chi connectivity index (χ4v) is 2.66. The summed E-state index contributed by atoms with van der Waals surface area (Å²) in [6.45, 7) is 2.01. The Labute approximate surface area is 122 Å². The van der Waals surface area contributed by atoms with Crippen LogP contribution in [0.3, 0.4) is 0 Å². The maximum atomic E-state index is 13.1. The zero-order valence-corrected chi connectivity index (χ0v) is 11.8. The van der Waals surface area contributed by atoms with Gasteiger partial charge in [0.2, 0.25) is 0 Å². The number of fused-ring (bicyclic) bond motifs is 1. The van der Waals surface area contributed by atoms with Crippen LogP contribution in [0.5, 0.6) is 0 Å². The second-order valence-electron chi connectivity index (χ2n) is 5.09. The Morgan fingerprint density at radius 2 is 2.00 bits per heavy atom. The van der Waals surface area contributed by atoms with Crippen LogP contribution in [0.25, 0.3) is 10.8 Å². The molecule has 0 fully saturated rings. The summed E-state index contributed by atoms with van der Waals surface area (Å²) in [4.78, 5) is 8.33. The molecule has 2 N–H and O–H groups in total. The minimum Gasteiger partial charge on any atom is -0.316 e. The van der Waals surface area contributed by atoms with E-state index in [9.17, 15) is 4.39 Å². The Morgan fingerprint density at radius 1 is 1.14 bits per heavy atom. The summed E-state index contributed by atoms with van der Waals surface area (Å²) in [6, 6.07) is 11.0. The summed E-state index contributed by atoms with van der Waals surface area (Å²) >= 11 is 0. The summed E-state index contributed by atoms with van der Waals surface area (Å²) in [7, 11) is 0. The molecule has 2 aromatic heterocycles. The molecule has 2 heterocycles. The van der Waals surface area contributed by atoms with Gasteiger partial charge in [-0.1, -0.05) is 25.1 Å². The van der Waals surface area contributed by atoms with Crippen LogP contribution >= 0.6 is 0 Å². The molecule has 0 bridgehead atoms. The van der Waals surface area contributed by atoms with Gasteiger partial charge in [-0.3, -0.25) is 9.97 Å². The zero-order valence-electron chi connectivity index (χ0n) is 11.8. The molecule has 106 valence electrons. The Hall–Kier alpha value is -2.33. The van der Waals surface area contributed by atoms with Gasteiger partial charge in [-0.25, -0.2) is 4.39 Å². The lowest BCUT2D eigenvalue weighted by Crippen LogP contribution is -2.38. The molecule has 0 aliphatic heterocycles. The van der Waals surface area contributed by atoms with E-state index in [1.807, 2.05) is 37.4 Å². The average molecular weight is 281 g/mol. The normalized spacial score (nSPS) is 14.0. The fraction of sp³-hybridized carbons (Fsp3) is 0.176. The molecular weight excluding hydrogens is 265 g/mol. The van der Waals surface area contributed by atoms with Gasteiger partial charge in [-0.05, 0) is 35.6 Å². The molecule has 1 aromatic carbocycles. The molecule has 0 saturated heterocycles. The zero-order chi connectivity index (χ0) is 14.9. The number of rotatable bonds is 3. The van der Waals surface area contributed by atoms with Gasteiger partial charge >= 0.3 is 0 Å². The molecule has 3 aromatic rings. The van der Waals surface area contributed by atoms with Gasteiger partial charge < -0.3 is 5.73 Å². The van der Waals surface area contributed by atoms with Crippen LogP contribution in [-0.2, 0) is 5.54 Å². The van der Waals surface area contributed by atoms with Crippen LogP contribution in [0.2, 0.25) is 0 Å². The van der Waals surface area contributed by atoms with Crippen molar-refractivity contribution in [2.45, 2.75) is 18.9 Å². The number of hydrogen-bond acceptors (Lipinski definition) is 3. The van der Waals surface area contributed by atoms with E-state index < -0.39 is 5.54 Å². The van der Waals surface area contributed by atoms with Crippen molar-refractivity contribution in [3.63, 3.8) is 0 Å². The highest BCUT2D eigenvalue weighted by Gasteiger charge is 2.30. The Balaban J connectivity index is 2.24. The maximum Gasteiger partial charge on any atom is 0.141 e. The first-order valence-corrected chi connectivity index (χ1v) is 6.89. The first-order chi connectivity index (χ1) is 10.1. The summed E-state index contributed by atoms with van der Waals surface area (Å²) in [6.07, 6.45) is 5.43. The van der Waals surface area contributed by atoms with Crippen LogP contribution in [-0.4, -0.2) is 9.97 Å². The first-order valence-electron chi connectivity index (χ1n) is 6.89. The minimum atomic E-state index is -0.755. The van der Waals surface area contributed by atoms with Crippen LogP contribution in [0.4, 0.5) is 4.39 Å². The standard InChI is InChI=1S/C17H16FN3/c1-2-17(19,16-7-6-13(18)11-21-16)15-5-3-4-12-10-20-9-8-14(12)15/h3-11H,2,19H2,1H3. The third-order valence-corrected chi connectivity index (χ3v) is 3.90. The molecule has 21 heavy (non-hydrogen) atoms. The molecule has 0 saturated carbocycles. The molecule has 0 amide bonds. The monoisotopic (exact) mass is 281 g/mol. The molecule has 4 heteroatoms. The van der Waals surface area contributed by atoms with E-state index in [1.54, 1.807) is 12.3 Å². The number of benzene rings is 1. The molecule has 3 rings (SSSR count). The van der Waals surface area contributed by atoms with Crippen molar-refractivity contribution in [1.29, 1.82) is 0 Å². The number of nitrogens with zero attached hydrogens (tertiary/aromatic N) is 2. The number of pyridine rings is 2. The van der Waals surface area contributed by atoms with E-state index in [4.69, 9.17) is 5.73 Å². The molecule has 3 nitrogen and oxygen atoms in total. The van der Waals surface area contributed by atoms with Gasteiger partial charge in [-0.15, -0.1) is 0 Å². The minimum absolute atomic E-state index is 0.362. The van der Waals surface area contributed by atoms with Crippen molar-refractivity contribution in [3.8, 4) is 0 Å². The lowest BCUT2D eigenvalue weighted by atomic mass is 9.82. The van der Waals surface area contributed by atoms with Gasteiger partial charge in [-0.2, -0.15) is 0 Å². The highest BCUT2D eigenvalue weighted by molar-refractivity contribution is 5.86. The van der Waals surface area contributed by atoms with Crippen LogP contribution in [0.15, 0.2) is 55.0 Å². The topological polar surface area (TPSA) is 51.8 Å². The first kappa shape index (κ1) is 13.6. The SMILES string of the molecule is CCC(N)(c1ccc(F)cn1)c1cccc2cnccc12. The van der Waals surface area contributed by atoms with Crippen molar-refractivity contribution in [1.82, 2.24) is 9.97 Å². The van der Waals surface area contributed by atoms with Crippen LogP contribution in [0.1, 0.15) is 24.6 Å². The molecule has 0 radical (unpaired) electrons. The molecule has 0 spiro atoms. The molecule has 0 aliphatic rings. The van der Waals surface area contributed by atoms with Gasteiger partial charge in [0, 0.05) is 17.8 Å². The summed E-state index contributed by atoms with van der Waals surface area (Å²) in [5, 5.41) is 2.07. The number of halogens is 1. The predicted octanol–water partition coefficient (Wildman–Crippen LogP) is 3.38. The highest BCUT2D eigenvalue weighted by Crippen LogP contribution is 2.33. The van der Waals surface area contributed by atoms with Crippen LogP contribution in [0, 0.1) is 5.82 Å². The van der Waals surface area contributed by atoms with E-state index in [0.29, 0.717) is 12.1 Å². The van der Waals surface area contributed by atoms with Crippen molar-refractivity contribution in [2.75, 3.05) is 0 Å². The molecule has 0 aliphatic carbocycles. The van der Waals surface area contributed by atoms with Gasteiger partial charge in [0.1, 0.15) is 5.82 Å². The lowest BCUT2D eigenvalue weighted by molar-refractivity contribution is 0.503. The van der Waals surface area contributed by atoms with E-state index >= 15 is 0 Å². The van der Waals surface area contributed by atoms with E-state index in [-0.39, 0.29) is 5.82 Å². The van der Waals surface area contributed by atoms with Gasteiger partial charge in [0.15, 0.2) is 0 Å². The van der Waals surface area contributed by atoms with Crippen molar-refractivity contribution in [2.24, 2.45) is 5.73 Å². The van der Waals surface area contributed by atoms with Crippen molar-refractivity contribution < 1.29 is 4.39 Å². The van der Waals surface area contributed by atoms with Crippen LogP contribution < -0.4 is 5.73 Å². The van der Waals surface area contributed by atoms with E-state index in [0.717, 1.165) is 16.3 Å². The maximum absolute atomic E-state index is 13.1. The van der Waals surface area contributed by atoms with Gasteiger partial charge in [0.05, 0.1) is 17.4 Å². The number of aromatic nitrogens is 2. The van der Waals surface area contributed by atoms with Gasteiger partial charge in [0.25, 0.3) is 0 Å². The number of nitrogens with two attached hydrogens (primary N) is 1. The summed E-state index contributed by atoms with van der Waals surface area (Å²) in [5.41, 5.74) is 7.53. The third kappa shape index (κ3) is 2.28. The third-order valence-electron chi connectivity index (χ3n) is 3.90. The molecule has 1 atom stereocenters. The smallest absolute Gasteiger partial charge is 0.141 e. The quantitative estimate of drug-likeness (QED) is 0.800. The molecular formula is C17H16FN3. The molecule has 1 unspecified atom stereocenters. The Bertz CT molecular complexity index is 765. The second kappa shape index (κ2) is 5.22. The lowest BCUT2D eigenvalue weighted by Gasteiger charge is -2.29. The Morgan fingerprint density at radius 3 is 2.71 bits per heavy atom. The van der Waals surface area contributed by atoms with Crippen molar-refractivity contribution >= 4 is 10.8 Å².